The van der Waals surface area contributed by atoms with E-state index in [1.165, 1.54) is 40.5 Å². The molecule has 1 amide bonds. The van der Waals surface area contributed by atoms with Crippen LogP contribution in [0.4, 0.5) is 5.69 Å². The van der Waals surface area contributed by atoms with Crippen molar-refractivity contribution in [3.05, 3.63) is 68.2 Å². The van der Waals surface area contributed by atoms with Crippen molar-refractivity contribution >= 4 is 50.9 Å². The number of nitro benzene ring substituents is 1. The van der Waals surface area contributed by atoms with E-state index in [2.05, 4.69) is 0 Å². The predicted molar refractivity (Wildman–Crippen MR) is 122 cm³/mol. The van der Waals surface area contributed by atoms with Crippen LogP contribution in [-0.4, -0.2) is 43.5 Å². The third kappa shape index (κ3) is 3.47. The molecule has 1 N–H and O–H groups in total. The second kappa shape index (κ2) is 8.19. The summed E-state index contributed by atoms with van der Waals surface area (Å²) in [4.78, 5) is 39.3. The van der Waals surface area contributed by atoms with Gasteiger partial charge in [0.15, 0.2) is 0 Å². The summed E-state index contributed by atoms with van der Waals surface area (Å²) in [6, 6.07) is 5.38. The van der Waals surface area contributed by atoms with Gasteiger partial charge in [-0.25, -0.2) is 9.36 Å². The summed E-state index contributed by atoms with van der Waals surface area (Å²) in [5.41, 5.74) is 1.36. The van der Waals surface area contributed by atoms with Crippen molar-refractivity contribution in [1.82, 2.24) is 9.47 Å². The molecule has 34 heavy (non-hydrogen) atoms. The van der Waals surface area contributed by atoms with E-state index in [9.17, 15) is 24.8 Å². The maximum absolute atomic E-state index is 13.2. The zero-order chi connectivity index (χ0) is 24.3. The van der Waals surface area contributed by atoms with E-state index in [0.29, 0.717) is 22.7 Å². The monoisotopic (exact) mass is 503 g/mol. The molecule has 2 aromatic heterocycles. The summed E-state index contributed by atoms with van der Waals surface area (Å²) in [5, 5.41) is 21.5. The van der Waals surface area contributed by atoms with Crippen molar-refractivity contribution in [3.63, 3.8) is 0 Å². The maximum Gasteiger partial charge on any atom is 0.355 e. The van der Waals surface area contributed by atoms with Crippen LogP contribution in [-0.2, 0) is 28.0 Å². The molecule has 3 aromatic rings. The van der Waals surface area contributed by atoms with Gasteiger partial charge in [-0.15, -0.1) is 0 Å². The van der Waals surface area contributed by atoms with Crippen LogP contribution in [0.3, 0.4) is 0 Å². The number of thiazole rings is 1. The number of imidazole rings is 1. The van der Waals surface area contributed by atoms with Gasteiger partial charge < -0.3 is 14.7 Å². The van der Waals surface area contributed by atoms with Crippen LogP contribution in [0.25, 0.3) is 10.4 Å². The number of nitrogens with zero attached hydrogens (tertiary/aromatic N) is 4. The first kappa shape index (κ1) is 22.5. The van der Waals surface area contributed by atoms with Gasteiger partial charge in [0.2, 0.25) is 10.7 Å². The van der Waals surface area contributed by atoms with Crippen LogP contribution >= 0.6 is 22.9 Å². The molecular formula is C22H20ClN4O6S+. The number of halogens is 1. The summed E-state index contributed by atoms with van der Waals surface area (Å²) in [6.07, 6.45) is 3.26. The number of rotatable bonds is 6. The Labute approximate surface area is 202 Å². The number of β-lactam (4-membered cyclic amide) rings is 1. The SMILES string of the molecule is C[C@@H](O)[C@H]1C(=O)N2C(C(=O)OCc3ccc([N+](=O)[O-])cc3)=C(c3c[n+]4cn(C)c(Cl)c4s3)C[C@H]12. The highest BCUT2D eigenvalue weighted by Gasteiger charge is 2.57. The third-order valence-electron chi connectivity index (χ3n) is 6.22. The minimum Gasteiger partial charge on any atom is -0.456 e. The fourth-order valence-electron chi connectivity index (χ4n) is 4.54. The molecule has 3 atom stereocenters. The number of nitro groups is 1. The number of aliphatic hydroxyl groups is 1. The van der Waals surface area contributed by atoms with Gasteiger partial charge in [-0.3, -0.25) is 14.9 Å². The zero-order valence-corrected chi connectivity index (χ0v) is 19.7. The van der Waals surface area contributed by atoms with Crippen molar-refractivity contribution in [2.24, 2.45) is 13.0 Å². The topological polar surface area (TPSA) is 119 Å². The summed E-state index contributed by atoms with van der Waals surface area (Å²) in [7, 11) is 1.83. The molecule has 2 aliphatic rings. The van der Waals surface area contributed by atoms with Gasteiger partial charge >= 0.3 is 5.97 Å². The number of carbonyl (C=O) groups excluding carboxylic acids is 2. The highest BCUT2D eigenvalue weighted by molar-refractivity contribution is 7.18. The Bertz CT molecular complexity index is 1380. The van der Waals surface area contributed by atoms with E-state index in [1.54, 1.807) is 11.5 Å². The molecule has 176 valence electrons. The number of aromatic nitrogens is 2. The number of fused-ring (bicyclic) bond motifs is 2. The molecule has 1 fully saturated rings. The highest BCUT2D eigenvalue weighted by Crippen LogP contribution is 2.48. The standard InChI is InChI=1S/C22H20ClN4O6S/c1-11(28)17-15-7-14(16-8-25-10-24(2)19(23)21(25)34-16)18(26(15)20(17)29)22(30)33-9-12-3-5-13(6-4-12)27(31)32/h3-6,8,10-11,15,17,28H,7,9H2,1-2H3/q+1/t11-,15-,17-/m1/s1. The number of esters is 1. The van der Waals surface area contributed by atoms with Crippen LogP contribution in [0.2, 0.25) is 5.15 Å². The fraction of sp³-hybridized carbons (Fsp3) is 0.318. The molecule has 5 rings (SSSR count). The van der Waals surface area contributed by atoms with E-state index in [4.69, 9.17) is 16.3 Å². The predicted octanol–water partition coefficient (Wildman–Crippen LogP) is 2.45. The molecule has 0 saturated carbocycles. The first-order valence-electron chi connectivity index (χ1n) is 10.5. The normalized spacial score (nSPS) is 20.5. The molecular weight excluding hydrogens is 484 g/mol. The largest absolute Gasteiger partial charge is 0.456 e. The summed E-state index contributed by atoms with van der Waals surface area (Å²) in [5.74, 6) is -1.56. The van der Waals surface area contributed by atoms with E-state index in [0.717, 1.165) is 9.71 Å². The number of hydrogen-bond acceptors (Lipinski definition) is 7. The van der Waals surface area contributed by atoms with Gasteiger partial charge in [0, 0.05) is 17.7 Å². The summed E-state index contributed by atoms with van der Waals surface area (Å²) in [6.45, 7) is 1.47. The van der Waals surface area contributed by atoms with Crippen LogP contribution in [0.1, 0.15) is 23.8 Å². The van der Waals surface area contributed by atoms with Gasteiger partial charge in [-0.1, -0.05) is 11.3 Å². The van der Waals surface area contributed by atoms with Crippen LogP contribution in [0.15, 0.2) is 42.5 Å². The molecule has 0 radical (unpaired) electrons. The van der Waals surface area contributed by atoms with Crippen molar-refractivity contribution in [2.45, 2.75) is 32.1 Å². The lowest BCUT2D eigenvalue weighted by atomic mass is 9.83. The Balaban J connectivity index is 1.46. The summed E-state index contributed by atoms with van der Waals surface area (Å²) >= 11 is 7.78. The van der Waals surface area contributed by atoms with Crippen molar-refractivity contribution in [1.29, 1.82) is 0 Å². The molecule has 0 spiro atoms. The van der Waals surface area contributed by atoms with E-state index in [1.807, 2.05) is 24.0 Å². The first-order valence-corrected chi connectivity index (χ1v) is 11.7. The smallest absolute Gasteiger partial charge is 0.355 e. The van der Waals surface area contributed by atoms with Gasteiger partial charge in [0.1, 0.15) is 18.5 Å². The molecule has 12 heteroatoms. The third-order valence-corrected chi connectivity index (χ3v) is 7.94. The molecule has 1 saturated heterocycles. The number of hydrogen-bond donors (Lipinski definition) is 1. The van der Waals surface area contributed by atoms with Crippen molar-refractivity contribution < 1.29 is 28.8 Å². The first-order chi connectivity index (χ1) is 16.2. The quantitative estimate of drug-likeness (QED) is 0.181. The molecule has 0 aliphatic carbocycles. The van der Waals surface area contributed by atoms with Gasteiger partial charge in [-0.05, 0) is 42.6 Å². The second-order valence-electron chi connectivity index (χ2n) is 8.40. The number of aliphatic hydroxyl groups excluding tert-OH is 1. The lowest BCUT2D eigenvalue weighted by Crippen LogP contribution is -2.61. The Morgan fingerprint density at radius 2 is 2.12 bits per heavy atom. The fourth-order valence-corrected chi connectivity index (χ4v) is 5.91. The maximum atomic E-state index is 13.2. The lowest BCUT2D eigenvalue weighted by molar-refractivity contribution is -0.508. The van der Waals surface area contributed by atoms with E-state index < -0.39 is 22.9 Å². The number of amides is 1. The minimum absolute atomic E-state index is 0.0600. The number of ether oxygens (including phenoxy) is 1. The van der Waals surface area contributed by atoms with Gasteiger partial charge in [0.25, 0.3) is 17.2 Å². The van der Waals surface area contributed by atoms with E-state index >= 15 is 0 Å². The number of carbonyl (C=O) groups is 2. The van der Waals surface area contributed by atoms with Crippen LogP contribution in [0.5, 0.6) is 0 Å². The van der Waals surface area contributed by atoms with Crippen molar-refractivity contribution in [3.8, 4) is 0 Å². The van der Waals surface area contributed by atoms with Gasteiger partial charge in [0.05, 0.1) is 34.9 Å². The van der Waals surface area contributed by atoms with Gasteiger partial charge in [-0.2, -0.15) is 4.40 Å². The Morgan fingerprint density at radius 1 is 1.41 bits per heavy atom. The molecule has 1 aromatic carbocycles. The van der Waals surface area contributed by atoms with Crippen molar-refractivity contribution in [2.75, 3.05) is 0 Å². The average Bonchev–Trinajstić information content (AvgIpc) is 3.43. The molecule has 10 nitrogen and oxygen atoms in total. The molecule has 2 aliphatic heterocycles. The Hall–Kier alpha value is -3.28. The summed E-state index contributed by atoms with van der Waals surface area (Å²) < 4.78 is 9.14. The average molecular weight is 504 g/mol. The van der Waals surface area contributed by atoms with Crippen LogP contribution in [0, 0.1) is 16.0 Å². The minimum atomic E-state index is -0.835. The Kier molecular flexibility index (Phi) is 5.42. The van der Waals surface area contributed by atoms with Crippen LogP contribution < -0.4 is 4.40 Å². The number of benzene rings is 1. The second-order valence-corrected chi connectivity index (χ2v) is 9.79. The zero-order valence-electron chi connectivity index (χ0n) is 18.2. The Morgan fingerprint density at radius 3 is 2.74 bits per heavy atom. The highest BCUT2D eigenvalue weighted by atomic mass is 35.5. The number of non-ortho nitro benzene ring substituents is 1. The lowest BCUT2D eigenvalue weighted by Gasteiger charge is -2.44. The number of aryl methyl sites for hydroxylation is 1. The molecule has 0 unspecified atom stereocenters. The molecule has 4 heterocycles. The molecule has 0 bridgehead atoms. The van der Waals surface area contributed by atoms with E-state index in [-0.39, 0.29) is 29.9 Å².